The number of aryl methyl sites for hydroxylation is 2. The van der Waals surface area contributed by atoms with Crippen LogP contribution in [0.3, 0.4) is 0 Å². The van der Waals surface area contributed by atoms with Crippen LogP contribution in [0.1, 0.15) is 124 Å². The Kier molecular flexibility index (Phi) is 11.8. The molecule has 6 aromatic rings. The van der Waals surface area contributed by atoms with Crippen molar-refractivity contribution in [3.63, 3.8) is 0 Å². The Balaban J connectivity index is 1.37. The molecule has 6 rings (SSSR count). The van der Waals surface area contributed by atoms with Crippen LogP contribution in [0.2, 0.25) is 0 Å². The van der Waals surface area contributed by atoms with Crippen molar-refractivity contribution in [3.8, 4) is 33.4 Å². The predicted octanol–water partition coefficient (Wildman–Crippen LogP) is 16.6. The van der Waals surface area contributed by atoms with Gasteiger partial charge in [0.25, 0.3) is 0 Å². The predicted molar refractivity (Wildman–Crippen MR) is 251 cm³/mol. The van der Waals surface area contributed by atoms with Crippen LogP contribution in [-0.2, 0) is 29.1 Å². The van der Waals surface area contributed by atoms with Crippen LogP contribution in [0.5, 0.6) is 0 Å². The normalized spacial score (nSPS) is 12.5. The molecule has 0 aliphatic heterocycles. The van der Waals surface area contributed by atoms with Crippen molar-refractivity contribution in [3.05, 3.63) is 161 Å². The van der Waals surface area contributed by atoms with Crippen molar-refractivity contribution < 1.29 is 0 Å². The molecule has 0 unspecified atom stereocenters. The van der Waals surface area contributed by atoms with E-state index in [1.165, 1.54) is 61.2 Å². The van der Waals surface area contributed by atoms with Crippen molar-refractivity contribution in [1.29, 1.82) is 0 Å². The number of hydrogen-bond donors (Lipinski definition) is 0. The van der Waals surface area contributed by atoms with Crippen LogP contribution in [0.15, 0.2) is 133 Å². The van der Waals surface area contributed by atoms with Crippen LogP contribution in [0, 0.1) is 5.41 Å². The summed E-state index contributed by atoms with van der Waals surface area (Å²) in [4.78, 5) is 2.39. The largest absolute Gasteiger partial charge is 0.311 e. The van der Waals surface area contributed by atoms with Gasteiger partial charge in [-0.15, -0.1) is 0 Å². The van der Waals surface area contributed by atoms with Gasteiger partial charge >= 0.3 is 0 Å². The lowest BCUT2D eigenvalue weighted by atomic mass is 9.72. The highest BCUT2D eigenvalue weighted by Gasteiger charge is 2.27. The van der Waals surface area contributed by atoms with E-state index in [9.17, 15) is 0 Å². The van der Waals surface area contributed by atoms with Gasteiger partial charge in [0.2, 0.25) is 0 Å². The standard InChI is InChI=1S/C56H67N/c1-14-39-36-46(54(6,7)8)26-34-51(39)43-20-30-49(31-21-43)57(50-32-22-44(23-33-50)52-35-27-47(55(9,10)11)37-40(52)15-2)48-28-18-42(19-29-48)41-16-24-45(25-17-41)56(12,13)38-53(3,4)5/h16-37H,14-15,38H2,1-13H3. The fourth-order valence-electron chi connectivity index (χ4n) is 8.64. The van der Waals surface area contributed by atoms with Gasteiger partial charge in [0.05, 0.1) is 0 Å². The monoisotopic (exact) mass is 754 g/mol. The lowest BCUT2D eigenvalue weighted by Gasteiger charge is -2.33. The van der Waals surface area contributed by atoms with Crippen molar-refractivity contribution in [2.24, 2.45) is 5.41 Å². The van der Waals surface area contributed by atoms with Crippen LogP contribution < -0.4 is 4.90 Å². The van der Waals surface area contributed by atoms with Gasteiger partial charge < -0.3 is 4.90 Å². The average molecular weight is 754 g/mol. The van der Waals surface area contributed by atoms with E-state index in [0.29, 0.717) is 0 Å². The average Bonchev–Trinajstić information content (AvgIpc) is 3.17. The molecule has 0 spiro atoms. The minimum Gasteiger partial charge on any atom is -0.311 e. The van der Waals surface area contributed by atoms with Gasteiger partial charge in [0.15, 0.2) is 0 Å². The molecular weight excluding hydrogens is 687 g/mol. The van der Waals surface area contributed by atoms with Crippen molar-refractivity contribution in [2.45, 2.75) is 126 Å². The van der Waals surface area contributed by atoms with Gasteiger partial charge in [-0.2, -0.15) is 0 Å². The summed E-state index contributed by atoms with van der Waals surface area (Å²) in [5.74, 6) is 0. The summed E-state index contributed by atoms with van der Waals surface area (Å²) in [6.07, 6.45) is 3.14. The number of rotatable bonds is 10. The molecule has 296 valence electrons. The molecule has 0 aromatic heterocycles. The molecule has 0 radical (unpaired) electrons. The van der Waals surface area contributed by atoms with Gasteiger partial charge in [0, 0.05) is 17.1 Å². The Bertz CT molecular complexity index is 2150. The summed E-state index contributed by atoms with van der Waals surface area (Å²) in [7, 11) is 0. The summed E-state index contributed by atoms with van der Waals surface area (Å²) in [5.41, 5.74) is 18.6. The van der Waals surface area contributed by atoms with Crippen molar-refractivity contribution >= 4 is 17.1 Å². The Hall–Kier alpha value is -4.88. The first-order chi connectivity index (χ1) is 26.8. The Labute approximate surface area is 346 Å². The first-order valence-electron chi connectivity index (χ1n) is 21.3. The highest BCUT2D eigenvalue weighted by Crippen LogP contribution is 2.41. The topological polar surface area (TPSA) is 3.24 Å². The second-order valence-corrected chi connectivity index (χ2v) is 20.1. The zero-order chi connectivity index (χ0) is 41.3. The molecule has 0 bridgehead atoms. The van der Waals surface area contributed by atoms with Gasteiger partial charge in [-0.25, -0.2) is 0 Å². The van der Waals surface area contributed by atoms with Crippen LogP contribution in [0.4, 0.5) is 17.1 Å². The van der Waals surface area contributed by atoms with Gasteiger partial charge in [0.1, 0.15) is 0 Å². The molecule has 57 heavy (non-hydrogen) atoms. The molecule has 0 heterocycles. The van der Waals surface area contributed by atoms with E-state index in [-0.39, 0.29) is 21.7 Å². The third kappa shape index (κ3) is 9.64. The van der Waals surface area contributed by atoms with E-state index >= 15 is 0 Å². The number of benzene rings is 6. The molecule has 0 aliphatic rings. The molecule has 0 fully saturated rings. The van der Waals surface area contributed by atoms with Crippen LogP contribution in [0.25, 0.3) is 33.4 Å². The molecule has 0 atom stereocenters. The SMILES string of the molecule is CCc1cc(C(C)(C)C)ccc1-c1ccc(N(c2ccc(-c3ccc(C(C)(C)CC(C)(C)C)cc3)cc2)c2ccc(-c3ccc(C(C)(C)C)cc3CC)cc2)cc1. The molecule has 0 amide bonds. The van der Waals surface area contributed by atoms with E-state index < -0.39 is 0 Å². The second kappa shape index (κ2) is 16.2. The fourth-order valence-corrected chi connectivity index (χ4v) is 8.64. The van der Waals surface area contributed by atoms with E-state index in [2.05, 4.69) is 228 Å². The molecule has 0 saturated heterocycles. The highest BCUT2D eigenvalue weighted by atomic mass is 15.1. The minimum absolute atomic E-state index is 0.119. The quantitative estimate of drug-likeness (QED) is 0.135. The summed E-state index contributed by atoms with van der Waals surface area (Å²) in [6.45, 7) is 30.0. The molecule has 0 saturated carbocycles. The lowest BCUT2D eigenvalue weighted by molar-refractivity contribution is 0.284. The minimum atomic E-state index is 0.119. The van der Waals surface area contributed by atoms with E-state index in [1.54, 1.807) is 0 Å². The summed E-state index contributed by atoms with van der Waals surface area (Å²) in [6, 6.07) is 50.7. The van der Waals surface area contributed by atoms with E-state index in [0.717, 1.165) is 36.3 Å². The summed E-state index contributed by atoms with van der Waals surface area (Å²) < 4.78 is 0. The Morgan fingerprint density at radius 2 is 0.684 bits per heavy atom. The first kappa shape index (κ1) is 41.7. The smallest absolute Gasteiger partial charge is 0.0462 e. The molecule has 1 nitrogen and oxygen atoms in total. The molecule has 1 heteroatoms. The molecule has 0 N–H and O–H groups in total. The summed E-state index contributed by atoms with van der Waals surface area (Å²) >= 11 is 0. The first-order valence-corrected chi connectivity index (χ1v) is 21.3. The molecule has 0 aliphatic carbocycles. The lowest BCUT2D eigenvalue weighted by Crippen LogP contribution is -2.24. The zero-order valence-electron chi connectivity index (χ0n) is 37.3. The fraction of sp³-hybridized carbons (Fsp3) is 0.357. The van der Waals surface area contributed by atoms with E-state index in [4.69, 9.17) is 0 Å². The van der Waals surface area contributed by atoms with Gasteiger partial charge in [-0.3, -0.25) is 0 Å². The third-order valence-electron chi connectivity index (χ3n) is 11.7. The maximum absolute atomic E-state index is 2.40. The molecular formula is C56H67N. The number of anilines is 3. The van der Waals surface area contributed by atoms with Crippen molar-refractivity contribution in [1.82, 2.24) is 0 Å². The Morgan fingerprint density at radius 3 is 1.00 bits per heavy atom. The number of nitrogens with zero attached hydrogens (tertiary/aromatic N) is 1. The number of hydrogen-bond acceptors (Lipinski definition) is 1. The maximum atomic E-state index is 2.40. The van der Waals surface area contributed by atoms with Crippen LogP contribution in [-0.4, -0.2) is 0 Å². The second-order valence-electron chi connectivity index (χ2n) is 20.1. The molecule has 6 aromatic carbocycles. The van der Waals surface area contributed by atoms with E-state index in [1.807, 2.05) is 0 Å². The highest BCUT2D eigenvalue weighted by molar-refractivity contribution is 5.82. The van der Waals surface area contributed by atoms with Gasteiger partial charge in [-0.05, 0) is 139 Å². The van der Waals surface area contributed by atoms with Gasteiger partial charge in [-0.1, -0.05) is 187 Å². The van der Waals surface area contributed by atoms with Crippen molar-refractivity contribution in [2.75, 3.05) is 4.90 Å². The zero-order valence-corrected chi connectivity index (χ0v) is 37.3. The maximum Gasteiger partial charge on any atom is 0.0462 e. The Morgan fingerprint density at radius 1 is 0.368 bits per heavy atom. The summed E-state index contributed by atoms with van der Waals surface area (Å²) in [5, 5.41) is 0. The third-order valence-corrected chi connectivity index (χ3v) is 11.7. The van der Waals surface area contributed by atoms with Crippen LogP contribution >= 0.6 is 0 Å².